The number of rotatable bonds is 3. The predicted molar refractivity (Wildman–Crippen MR) is 92.6 cm³/mol. The summed E-state index contributed by atoms with van der Waals surface area (Å²) in [6.07, 6.45) is 1.58. The number of aromatic nitrogens is 1. The number of nitrogens with one attached hydrogen (secondary N) is 2. The molecule has 0 atom stereocenters. The van der Waals surface area contributed by atoms with Gasteiger partial charge in [0.2, 0.25) is 0 Å². The third-order valence-corrected chi connectivity index (χ3v) is 4.19. The first kappa shape index (κ1) is 17.1. The van der Waals surface area contributed by atoms with Gasteiger partial charge >= 0.3 is 6.03 Å². The Hall–Kier alpha value is -2.70. The van der Waals surface area contributed by atoms with Crippen LogP contribution in [0.25, 0.3) is 0 Å². The Balaban J connectivity index is 1.51. The Bertz CT molecular complexity index is 760. The highest BCUT2D eigenvalue weighted by Gasteiger charge is 2.23. The third-order valence-electron chi connectivity index (χ3n) is 4.19. The lowest BCUT2D eigenvalue weighted by Crippen LogP contribution is -2.44. The number of aryl methyl sites for hydroxylation is 1. The SMILES string of the molecule is Cc1cccc(NC2CCN(C(=O)Nc3ccc(F)c(F)c3)CC2)n1. The van der Waals surface area contributed by atoms with Crippen molar-refractivity contribution in [3.05, 3.63) is 53.7 Å². The smallest absolute Gasteiger partial charge is 0.321 e. The minimum atomic E-state index is -0.980. The van der Waals surface area contributed by atoms with Crippen LogP contribution in [0, 0.1) is 18.6 Å². The summed E-state index contributed by atoms with van der Waals surface area (Å²) < 4.78 is 26.1. The molecule has 7 heteroatoms. The number of pyridine rings is 1. The number of piperidine rings is 1. The molecule has 132 valence electrons. The third kappa shape index (κ3) is 4.43. The number of hydrogen-bond acceptors (Lipinski definition) is 3. The maximum absolute atomic E-state index is 13.2. The van der Waals surface area contributed by atoms with Crippen molar-refractivity contribution in [2.24, 2.45) is 0 Å². The Labute approximate surface area is 145 Å². The number of carbonyl (C=O) groups is 1. The van der Waals surface area contributed by atoms with Gasteiger partial charge in [-0.3, -0.25) is 0 Å². The number of hydrogen-bond donors (Lipinski definition) is 2. The van der Waals surface area contributed by atoms with Crippen molar-refractivity contribution < 1.29 is 13.6 Å². The molecule has 2 N–H and O–H groups in total. The summed E-state index contributed by atoms with van der Waals surface area (Å²) >= 11 is 0. The molecule has 3 rings (SSSR count). The normalized spacial score (nSPS) is 15.1. The van der Waals surface area contributed by atoms with E-state index in [0.29, 0.717) is 13.1 Å². The molecule has 0 bridgehead atoms. The van der Waals surface area contributed by atoms with Crippen molar-refractivity contribution >= 4 is 17.5 Å². The van der Waals surface area contributed by atoms with Crippen molar-refractivity contribution in [1.82, 2.24) is 9.88 Å². The molecule has 2 amide bonds. The summed E-state index contributed by atoms with van der Waals surface area (Å²) in [6, 6.07) is 9.08. The van der Waals surface area contributed by atoms with E-state index >= 15 is 0 Å². The van der Waals surface area contributed by atoms with E-state index in [0.717, 1.165) is 36.5 Å². The van der Waals surface area contributed by atoms with Crippen LogP contribution in [-0.4, -0.2) is 35.0 Å². The maximum atomic E-state index is 13.2. The average Bonchev–Trinajstić information content (AvgIpc) is 2.59. The molecule has 1 aliphatic heterocycles. The molecule has 1 saturated heterocycles. The standard InChI is InChI=1S/C18H20F2N4O/c1-12-3-2-4-17(21-12)22-13-7-9-24(10-8-13)18(25)23-14-5-6-15(19)16(20)11-14/h2-6,11,13H,7-10H2,1H3,(H,21,22)(H,23,25). The van der Waals surface area contributed by atoms with Gasteiger partial charge in [0.1, 0.15) is 5.82 Å². The molecular weight excluding hydrogens is 326 g/mol. The largest absolute Gasteiger partial charge is 0.367 e. The monoisotopic (exact) mass is 346 g/mol. The second kappa shape index (κ2) is 7.46. The van der Waals surface area contributed by atoms with Gasteiger partial charge in [-0.25, -0.2) is 18.6 Å². The topological polar surface area (TPSA) is 57.3 Å². The lowest BCUT2D eigenvalue weighted by Gasteiger charge is -2.32. The summed E-state index contributed by atoms with van der Waals surface area (Å²) in [6.45, 7) is 3.11. The molecule has 1 aliphatic rings. The van der Waals surface area contributed by atoms with Crippen molar-refractivity contribution in [2.75, 3.05) is 23.7 Å². The highest BCUT2D eigenvalue weighted by molar-refractivity contribution is 5.89. The molecule has 0 radical (unpaired) electrons. The van der Waals surface area contributed by atoms with Crippen molar-refractivity contribution in [3.8, 4) is 0 Å². The molecule has 25 heavy (non-hydrogen) atoms. The van der Waals surface area contributed by atoms with Gasteiger partial charge in [0.05, 0.1) is 0 Å². The first-order chi connectivity index (χ1) is 12.0. The second-order valence-electron chi connectivity index (χ2n) is 6.13. The van der Waals surface area contributed by atoms with E-state index in [9.17, 15) is 13.6 Å². The molecule has 2 heterocycles. The number of carbonyl (C=O) groups excluding carboxylic acids is 1. The number of amides is 2. The van der Waals surface area contributed by atoms with E-state index in [1.165, 1.54) is 6.07 Å². The molecule has 0 spiro atoms. The Morgan fingerprint density at radius 3 is 2.60 bits per heavy atom. The zero-order chi connectivity index (χ0) is 17.8. The van der Waals surface area contributed by atoms with E-state index in [1.54, 1.807) is 4.90 Å². The van der Waals surface area contributed by atoms with Gasteiger partial charge in [-0.1, -0.05) is 6.07 Å². The molecule has 1 aromatic heterocycles. The summed E-state index contributed by atoms with van der Waals surface area (Å²) in [7, 11) is 0. The van der Waals surface area contributed by atoms with Crippen LogP contribution >= 0.6 is 0 Å². The fourth-order valence-electron chi connectivity index (χ4n) is 2.84. The average molecular weight is 346 g/mol. The van der Waals surface area contributed by atoms with Crippen molar-refractivity contribution in [2.45, 2.75) is 25.8 Å². The zero-order valence-electron chi connectivity index (χ0n) is 13.9. The van der Waals surface area contributed by atoms with Crippen LogP contribution in [-0.2, 0) is 0 Å². The molecule has 5 nitrogen and oxygen atoms in total. The van der Waals surface area contributed by atoms with Crippen LogP contribution in [0.5, 0.6) is 0 Å². The Morgan fingerprint density at radius 2 is 1.92 bits per heavy atom. The molecular formula is C18H20F2N4O. The highest BCUT2D eigenvalue weighted by atomic mass is 19.2. The number of halogens is 2. The van der Waals surface area contributed by atoms with Crippen LogP contribution in [0.2, 0.25) is 0 Å². The fourth-order valence-corrected chi connectivity index (χ4v) is 2.84. The van der Waals surface area contributed by atoms with Crippen molar-refractivity contribution in [1.29, 1.82) is 0 Å². The van der Waals surface area contributed by atoms with Gasteiger partial charge in [0, 0.05) is 36.6 Å². The van der Waals surface area contributed by atoms with Crippen LogP contribution in [0.3, 0.4) is 0 Å². The molecule has 1 fully saturated rings. The molecule has 1 aromatic carbocycles. The maximum Gasteiger partial charge on any atom is 0.321 e. The Morgan fingerprint density at radius 1 is 1.16 bits per heavy atom. The Kier molecular flexibility index (Phi) is 5.11. The molecule has 2 aromatic rings. The van der Waals surface area contributed by atoms with E-state index in [1.807, 2.05) is 25.1 Å². The quantitative estimate of drug-likeness (QED) is 0.889. The summed E-state index contributed by atoms with van der Waals surface area (Å²) in [4.78, 5) is 18.3. The first-order valence-corrected chi connectivity index (χ1v) is 8.22. The fraction of sp³-hybridized carbons (Fsp3) is 0.333. The lowest BCUT2D eigenvalue weighted by atomic mass is 10.1. The van der Waals surface area contributed by atoms with Gasteiger partial charge in [0.25, 0.3) is 0 Å². The van der Waals surface area contributed by atoms with E-state index < -0.39 is 11.6 Å². The van der Waals surface area contributed by atoms with Crippen LogP contribution in [0.15, 0.2) is 36.4 Å². The number of anilines is 2. The second-order valence-corrected chi connectivity index (χ2v) is 6.13. The highest BCUT2D eigenvalue weighted by Crippen LogP contribution is 2.18. The molecule has 0 unspecified atom stereocenters. The van der Waals surface area contributed by atoms with Gasteiger partial charge in [-0.2, -0.15) is 0 Å². The number of nitrogens with zero attached hydrogens (tertiary/aromatic N) is 2. The number of urea groups is 1. The van der Waals surface area contributed by atoms with E-state index in [4.69, 9.17) is 0 Å². The molecule has 0 aliphatic carbocycles. The lowest BCUT2D eigenvalue weighted by molar-refractivity contribution is 0.197. The molecule has 0 saturated carbocycles. The zero-order valence-corrected chi connectivity index (χ0v) is 13.9. The van der Waals surface area contributed by atoms with Crippen LogP contribution in [0.1, 0.15) is 18.5 Å². The van der Waals surface area contributed by atoms with Crippen LogP contribution < -0.4 is 10.6 Å². The van der Waals surface area contributed by atoms with Crippen LogP contribution in [0.4, 0.5) is 25.1 Å². The predicted octanol–water partition coefficient (Wildman–Crippen LogP) is 3.78. The van der Waals surface area contributed by atoms with Crippen molar-refractivity contribution in [3.63, 3.8) is 0 Å². The summed E-state index contributed by atoms with van der Waals surface area (Å²) in [5.41, 5.74) is 1.20. The van der Waals surface area contributed by atoms with Gasteiger partial charge < -0.3 is 15.5 Å². The first-order valence-electron chi connectivity index (χ1n) is 8.22. The van der Waals surface area contributed by atoms with Gasteiger partial charge in [-0.05, 0) is 44.0 Å². The van der Waals surface area contributed by atoms with E-state index in [2.05, 4.69) is 15.6 Å². The minimum absolute atomic E-state index is 0.244. The van der Waals surface area contributed by atoms with E-state index in [-0.39, 0.29) is 17.8 Å². The summed E-state index contributed by atoms with van der Waals surface area (Å²) in [5, 5.41) is 5.98. The van der Waals surface area contributed by atoms with Gasteiger partial charge in [-0.15, -0.1) is 0 Å². The summed E-state index contributed by atoms with van der Waals surface area (Å²) in [5.74, 6) is -1.08. The number of benzene rings is 1. The minimum Gasteiger partial charge on any atom is -0.367 e. The van der Waals surface area contributed by atoms with Gasteiger partial charge in [0.15, 0.2) is 11.6 Å². The number of likely N-dealkylation sites (tertiary alicyclic amines) is 1.